The van der Waals surface area contributed by atoms with E-state index in [1.165, 1.54) is 0 Å². The summed E-state index contributed by atoms with van der Waals surface area (Å²) in [5.41, 5.74) is 1.34. The van der Waals surface area contributed by atoms with Crippen molar-refractivity contribution in [3.05, 3.63) is 23.8 Å². The van der Waals surface area contributed by atoms with Crippen LogP contribution in [0.2, 0.25) is 0 Å². The summed E-state index contributed by atoms with van der Waals surface area (Å²) in [6.07, 6.45) is -29.5. The monoisotopic (exact) mass is 1070 g/mol. The summed E-state index contributed by atoms with van der Waals surface area (Å²) in [6, 6.07) is 0. The third kappa shape index (κ3) is 9.44. The zero-order valence-electron chi connectivity index (χ0n) is 42.4. The number of ketones is 1. The van der Waals surface area contributed by atoms with E-state index in [1.54, 1.807) is 0 Å². The molecule has 75 heavy (non-hydrogen) atoms. The van der Waals surface area contributed by atoms with E-state index in [9.17, 15) is 71.2 Å². The fourth-order valence-corrected chi connectivity index (χ4v) is 15.1. The first-order valence-electron chi connectivity index (χ1n) is 26.6. The van der Waals surface area contributed by atoms with Crippen LogP contribution in [0.5, 0.6) is 0 Å². The Morgan fingerprint density at radius 3 is 1.77 bits per heavy atom. The normalized spacial score (nSPS) is 55.0. The lowest BCUT2D eigenvalue weighted by atomic mass is 9.46. The number of allylic oxidation sites excluding steroid dienone is 1. The van der Waals surface area contributed by atoms with Gasteiger partial charge in [0.15, 0.2) is 30.9 Å². The Balaban J connectivity index is 0.840. The average molecular weight is 1080 g/mol. The molecule has 4 aliphatic carbocycles. The van der Waals surface area contributed by atoms with E-state index in [-0.39, 0.29) is 46.9 Å². The number of aliphatic hydroxyl groups is 13. The zero-order chi connectivity index (χ0) is 53.8. The molecule has 0 aromatic rings. The Morgan fingerprint density at radius 1 is 0.627 bits per heavy atom. The molecule has 0 radical (unpaired) electrons. The third-order valence-corrected chi connectivity index (χ3v) is 19.5. The van der Waals surface area contributed by atoms with Crippen LogP contribution in [0.15, 0.2) is 23.8 Å². The van der Waals surface area contributed by atoms with Gasteiger partial charge in [0.25, 0.3) is 0 Å². The van der Waals surface area contributed by atoms with Crippen molar-refractivity contribution in [2.75, 3.05) is 33.0 Å². The van der Waals surface area contributed by atoms with Crippen molar-refractivity contribution in [1.29, 1.82) is 0 Å². The van der Waals surface area contributed by atoms with Crippen molar-refractivity contribution in [3.8, 4) is 0 Å². The van der Waals surface area contributed by atoms with Gasteiger partial charge in [-0.2, -0.15) is 0 Å². The van der Waals surface area contributed by atoms with Crippen LogP contribution in [0.3, 0.4) is 0 Å². The Kier molecular flexibility index (Phi) is 16.3. The van der Waals surface area contributed by atoms with Gasteiger partial charge >= 0.3 is 0 Å². The number of carbonyl (C=O) groups excluding carboxylic acids is 1. The number of carbonyl (C=O) groups is 1. The zero-order valence-corrected chi connectivity index (χ0v) is 42.4. The summed E-state index contributed by atoms with van der Waals surface area (Å²) in [5.74, 6) is 0.201. The van der Waals surface area contributed by atoms with Crippen molar-refractivity contribution < 1.29 is 119 Å². The highest BCUT2D eigenvalue weighted by Gasteiger charge is 2.71. The maximum Gasteiger partial charge on any atom is 0.187 e. The minimum absolute atomic E-state index is 0.0523. The molecule has 24 heteroatoms. The van der Waals surface area contributed by atoms with E-state index in [0.717, 1.165) is 36.8 Å². The van der Waals surface area contributed by atoms with Gasteiger partial charge in [-0.15, -0.1) is 0 Å². The maximum atomic E-state index is 14.7. The van der Waals surface area contributed by atoms with Crippen molar-refractivity contribution in [1.82, 2.24) is 0 Å². The second kappa shape index (κ2) is 21.6. The van der Waals surface area contributed by atoms with Gasteiger partial charge in [-0.1, -0.05) is 44.6 Å². The summed E-state index contributed by atoms with van der Waals surface area (Å²) in [6.45, 7) is 7.64. The van der Waals surface area contributed by atoms with Crippen LogP contribution in [0, 0.1) is 40.4 Å². The molecule has 6 saturated heterocycles. The van der Waals surface area contributed by atoms with Crippen LogP contribution in [0.1, 0.15) is 72.1 Å². The maximum absolute atomic E-state index is 14.7. The predicted octanol–water partition coefficient (Wildman–Crippen LogP) is -3.89. The molecule has 0 aromatic carbocycles. The first-order chi connectivity index (χ1) is 35.6. The number of hydrogen-bond donors (Lipinski definition) is 13. The minimum Gasteiger partial charge on any atom is -0.394 e. The highest BCUT2D eigenvalue weighted by Crippen LogP contribution is 2.70. The predicted molar refractivity (Wildman–Crippen MR) is 249 cm³/mol. The van der Waals surface area contributed by atoms with Crippen LogP contribution in [-0.4, -0.2) is 246 Å². The molecule has 426 valence electrons. The summed E-state index contributed by atoms with van der Waals surface area (Å²) < 4.78 is 61.0. The summed E-state index contributed by atoms with van der Waals surface area (Å²) in [7, 11) is 0. The number of fused-ring (bicyclic) bond motifs is 7. The smallest absolute Gasteiger partial charge is 0.187 e. The van der Waals surface area contributed by atoms with Gasteiger partial charge in [0.05, 0.1) is 45.2 Å². The fourth-order valence-electron chi connectivity index (χ4n) is 15.1. The van der Waals surface area contributed by atoms with Crippen LogP contribution < -0.4 is 0 Å². The second-order valence-corrected chi connectivity index (χ2v) is 23.3. The van der Waals surface area contributed by atoms with Gasteiger partial charge in [0, 0.05) is 30.1 Å². The summed E-state index contributed by atoms with van der Waals surface area (Å²) >= 11 is 0. The molecule has 1 spiro atoms. The van der Waals surface area contributed by atoms with E-state index in [2.05, 4.69) is 33.4 Å². The molecule has 0 amide bonds. The Hall–Kier alpha value is -1.77. The summed E-state index contributed by atoms with van der Waals surface area (Å²) in [5, 5.41) is 140. The second-order valence-electron chi connectivity index (χ2n) is 23.3. The molecule has 30 atom stereocenters. The molecule has 0 unspecified atom stereocenters. The van der Waals surface area contributed by atoms with Crippen LogP contribution in [0.4, 0.5) is 0 Å². The van der Waals surface area contributed by atoms with Crippen LogP contribution in [0.25, 0.3) is 0 Å². The lowest BCUT2D eigenvalue weighted by Crippen LogP contribution is -2.68. The van der Waals surface area contributed by atoms with Crippen molar-refractivity contribution in [2.24, 2.45) is 40.4 Å². The lowest BCUT2D eigenvalue weighted by molar-refractivity contribution is -0.406. The highest BCUT2D eigenvalue weighted by atomic mass is 16.8. The Morgan fingerprint density at radius 2 is 1.17 bits per heavy atom. The van der Waals surface area contributed by atoms with E-state index < -0.39 is 167 Å². The summed E-state index contributed by atoms with van der Waals surface area (Å²) in [4.78, 5) is 14.7. The minimum atomic E-state index is -2.06. The molecule has 3 saturated carbocycles. The molecule has 0 bridgehead atoms. The number of aliphatic hydroxyl groups excluding tert-OH is 13. The van der Waals surface area contributed by atoms with E-state index in [0.29, 0.717) is 32.3 Å². The molecule has 6 heterocycles. The number of hydrogen-bond acceptors (Lipinski definition) is 24. The van der Waals surface area contributed by atoms with E-state index in [1.807, 2.05) is 0 Å². The highest BCUT2D eigenvalue weighted by molar-refractivity contribution is 5.87. The first-order valence-corrected chi connectivity index (χ1v) is 26.6. The molecular formula is C51H78O24. The van der Waals surface area contributed by atoms with Gasteiger partial charge in [0.2, 0.25) is 0 Å². The fraction of sp³-hybridized carbons (Fsp3) is 0.902. The number of Topliss-reactive ketones (excluding diaryl/α,β-unsaturated/α-hetero) is 1. The Bertz CT molecular complexity index is 2070. The van der Waals surface area contributed by atoms with Gasteiger partial charge in [0.1, 0.15) is 103 Å². The van der Waals surface area contributed by atoms with Gasteiger partial charge in [-0.05, 0) is 61.7 Å². The quantitative estimate of drug-likeness (QED) is 0.0831. The molecule has 6 aliphatic heterocycles. The standard InChI is InChI=1S/C51H78O24/c1-19-7-10-51(66-18-19)20(2)32-26(75-51)12-25-23-6-5-21-11-22(8-9-49(21,3)24(23)13-31(56)50(25,32)4)67-45-41(65)38(62)42(30(17-55)71-45)72-48-44(74-47-40(64)37(61)34(58)28(15-53)69-47)43(35(59)29(16-54)70-48)73-46-39(63)36(60)33(57)27(14-52)68-46/h5,20,22-30,32-48,52-55,57-65H,1,6-18H2,2-4H3/t20-,22-,23+,24+,25+,26-,27+,28+,29+,30+,32-,33+,34+,35+,36-,37-,38+,39+,40+,41+,42-,43-,44+,45+,46-,47-,48-,49-,50+,51-/m0/s1. The lowest BCUT2D eigenvalue weighted by Gasteiger charge is -2.58. The molecule has 10 aliphatic rings. The topological polar surface area (TPSA) is 372 Å². The molecular weight excluding hydrogens is 997 g/mol. The molecule has 13 N–H and O–H groups in total. The van der Waals surface area contributed by atoms with E-state index >= 15 is 0 Å². The van der Waals surface area contributed by atoms with Crippen molar-refractivity contribution in [3.63, 3.8) is 0 Å². The van der Waals surface area contributed by atoms with Crippen LogP contribution >= 0.6 is 0 Å². The van der Waals surface area contributed by atoms with Crippen LogP contribution in [-0.2, 0) is 52.2 Å². The SMILES string of the molecule is C=C1CC[C@]2(OC1)O[C@H]1C[C@@H]3[C@@H]4CC=C5C[C@@H](O[C@@H]6O[C@H](CO)[C@H](O[C@@H]7O[C@H](CO)[C@@H](O)[C@H](O[C@@H]8O[C@H](CO)[C@@H](O)[C@H](O)[C@H]8O)[C@H]7O[C@@H]7O[C@H](CO)[C@@H](O)[C@H](O)[C@H]7O)[C@H](O)[C@H]6O)CC[C@]5(C)[C@@H]4CC(=O)[C@]3(C)[C@H]1[C@@H]2C. The molecule has 10 rings (SSSR count). The van der Waals surface area contributed by atoms with Crippen molar-refractivity contribution >= 4 is 5.78 Å². The van der Waals surface area contributed by atoms with E-state index in [4.69, 9.17) is 47.4 Å². The number of rotatable bonds is 12. The molecule has 24 nitrogen and oxygen atoms in total. The van der Waals surface area contributed by atoms with Crippen molar-refractivity contribution in [2.45, 2.75) is 213 Å². The van der Waals surface area contributed by atoms with Gasteiger partial charge in [-0.25, -0.2) is 0 Å². The first kappa shape index (κ1) is 56.5. The number of ether oxygens (including phenoxy) is 10. The van der Waals surface area contributed by atoms with Gasteiger partial charge in [-0.3, -0.25) is 4.79 Å². The molecule has 9 fully saturated rings. The van der Waals surface area contributed by atoms with Gasteiger partial charge < -0.3 is 114 Å². The largest absolute Gasteiger partial charge is 0.394 e. The third-order valence-electron chi connectivity index (χ3n) is 19.5. The average Bonchev–Trinajstić information content (AvgIpc) is 3.87. The molecule has 0 aromatic heterocycles. The Labute approximate surface area is 433 Å².